The molecule has 0 aromatic carbocycles. The van der Waals surface area contributed by atoms with Gasteiger partial charge in [-0.25, -0.2) is 10.0 Å². The lowest BCUT2D eigenvalue weighted by Crippen LogP contribution is -2.51. The minimum absolute atomic E-state index is 0.398. The van der Waals surface area contributed by atoms with E-state index in [2.05, 4.69) is 12.1 Å². The van der Waals surface area contributed by atoms with E-state index in [1.54, 1.807) is 0 Å². The van der Waals surface area contributed by atoms with Crippen LogP contribution < -0.4 is 5.48 Å². The second-order valence-corrected chi connectivity index (χ2v) is 5.43. The van der Waals surface area contributed by atoms with Gasteiger partial charge in [-0.3, -0.25) is 4.79 Å². The zero-order chi connectivity index (χ0) is 12.6. The van der Waals surface area contributed by atoms with E-state index in [-0.39, 0.29) is 0 Å². The third-order valence-corrected chi connectivity index (χ3v) is 3.74. The van der Waals surface area contributed by atoms with E-state index < -0.39 is 15.0 Å². The molecule has 1 amide bonds. The standard InChI is InChI=1S/C9H19NO5Si/c1-6-7-8(2)9(11)10-15-16(12-3,13-4)14-5/h2,6-7H2,1,3-5H3,(H,10,11). The number of carbonyl (C=O) groups excluding carboxylic acids is 1. The van der Waals surface area contributed by atoms with Crippen LogP contribution >= 0.6 is 0 Å². The molecule has 7 heteroatoms. The van der Waals surface area contributed by atoms with Gasteiger partial charge < -0.3 is 13.3 Å². The first-order valence-corrected chi connectivity index (χ1v) is 6.50. The maximum Gasteiger partial charge on any atom is 0.701 e. The number of hydroxylamine groups is 1. The lowest BCUT2D eigenvalue weighted by molar-refractivity contribution is -0.130. The van der Waals surface area contributed by atoms with Gasteiger partial charge in [-0.1, -0.05) is 19.9 Å². The summed E-state index contributed by atoms with van der Waals surface area (Å²) in [7, 11) is 0.922. The van der Waals surface area contributed by atoms with Crippen LogP contribution in [-0.2, 0) is 22.6 Å². The fraction of sp³-hybridized carbons (Fsp3) is 0.667. The number of hydrogen-bond donors (Lipinski definition) is 1. The summed E-state index contributed by atoms with van der Waals surface area (Å²) >= 11 is 0. The molecule has 0 bridgehead atoms. The van der Waals surface area contributed by atoms with Crippen molar-refractivity contribution in [3.8, 4) is 0 Å². The van der Waals surface area contributed by atoms with E-state index in [0.29, 0.717) is 12.0 Å². The monoisotopic (exact) mass is 249 g/mol. The Hall–Kier alpha value is -0.733. The Bertz CT molecular complexity index is 234. The first-order chi connectivity index (χ1) is 7.55. The molecule has 0 radical (unpaired) electrons. The Kier molecular flexibility index (Phi) is 7.18. The fourth-order valence-electron chi connectivity index (χ4n) is 0.971. The molecular formula is C9H19NO5Si. The van der Waals surface area contributed by atoms with E-state index in [0.717, 1.165) is 6.42 Å². The summed E-state index contributed by atoms with van der Waals surface area (Å²) in [4.78, 5) is 11.4. The molecule has 0 atom stereocenters. The number of hydrogen-bond acceptors (Lipinski definition) is 5. The van der Waals surface area contributed by atoms with Crippen LogP contribution in [0.3, 0.4) is 0 Å². The van der Waals surface area contributed by atoms with Gasteiger partial charge in [0, 0.05) is 26.9 Å². The summed E-state index contributed by atoms with van der Waals surface area (Å²) in [6.07, 6.45) is 1.45. The van der Waals surface area contributed by atoms with Gasteiger partial charge in [0.1, 0.15) is 0 Å². The number of carbonyl (C=O) groups is 1. The largest absolute Gasteiger partial charge is 0.701 e. The van der Waals surface area contributed by atoms with Gasteiger partial charge >= 0.3 is 9.05 Å². The molecule has 1 N–H and O–H groups in total. The molecule has 6 nitrogen and oxygen atoms in total. The highest BCUT2D eigenvalue weighted by Gasteiger charge is 2.44. The average Bonchev–Trinajstić information content (AvgIpc) is 2.31. The summed E-state index contributed by atoms with van der Waals surface area (Å²) < 4.78 is 19.9. The molecule has 16 heavy (non-hydrogen) atoms. The molecule has 0 fully saturated rings. The van der Waals surface area contributed by atoms with Gasteiger partial charge in [0.15, 0.2) is 0 Å². The van der Waals surface area contributed by atoms with Crippen molar-refractivity contribution in [1.82, 2.24) is 5.48 Å². The van der Waals surface area contributed by atoms with Crippen LogP contribution in [-0.4, -0.2) is 36.3 Å². The van der Waals surface area contributed by atoms with Crippen molar-refractivity contribution in [1.29, 1.82) is 0 Å². The van der Waals surface area contributed by atoms with Gasteiger partial charge in [0.25, 0.3) is 5.91 Å². The Morgan fingerprint density at radius 1 is 1.25 bits per heavy atom. The highest BCUT2D eigenvalue weighted by Crippen LogP contribution is 2.07. The molecule has 0 spiro atoms. The molecular weight excluding hydrogens is 230 g/mol. The second kappa shape index (κ2) is 7.53. The van der Waals surface area contributed by atoms with E-state index in [1.807, 2.05) is 6.92 Å². The Morgan fingerprint density at radius 2 is 1.75 bits per heavy atom. The molecule has 0 heterocycles. The fourth-order valence-corrected chi connectivity index (χ4v) is 1.94. The molecule has 0 saturated carbocycles. The smallest absolute Gasteiger partial charge is 0.354 e. The van der Waals surface area contributed by atoms with Crippen molar-refractivity contribution in [3.05, 3.63) is 12.2 Å². The zero-order valence-electron chi connectivity index (χ0n) is 10.2. The first kappa shape index (κ1) is 15.3. The summed E-state index contributed by atoms with van der Waals surface area (Å²) in [6, 6.07) is 0. The molecule has 0 aliphatic heterocycles. The van der Waals surface area contributed by atoms with E-state index in [9.17, 15) is 4.79 Å². The quantitative estimate of drug-likeness (QED) is 0.391. The molecule has 0 rings (SSSR count). The van der Waals surface area contributed by atoms with Gasteiger partial charge in [0.05, 0.1) is 0 Å². The Balaban J connectivity index is 4.21. The Morgan fingerprint density at radius 3 is 2.12 bits per heavy atom. The molecule has 0 aromatic rings. The summed E-state index contributed by atoms with van der Waals surface area (Å²) in [5.74, 6) is -0.398. The predicted octanol–water partition coefficient (Wildman–Crippen LogP) is 0.765. The van der Waals surface area contributed by atoms with Gasteiger partial charge in [-0.2, -0.15) is 0 Å². The lowest BCUT2D eigenvalue weighted by atomic mass is 10.2. The highest BCUT2D eigenvalue weighted by atomic mass is 28.4. The summed E-state index contributed by atoms with van der Waals surface area (Å²) in [6.45, 7) is 5.58. The average molecular weight is 249 g/mol. The van der Waals surface area contributed by atoms with Crippen molar-refractivity contribution in [2.75, 3.05) is 21.3 Å². The third kappa shape index (κ3) is 4.41. The zero-order valence-corrected chi connectivity index (χ0v) is 11.2. The maximum absolute atomic E-state index is 11.4. The minimum Gasteiger partial charge on any atom is -0.354 e. The van der Waals surface area contributed by atoms with Crippen molar-refractivity contribution in [2.45, 2.75) is 19.8 Å². The number of rotatable bonds is 8. The number of amides is 1. The van der Waals surface area contributed by atoms with Gasteiger partial charge in [-0.15, -0.1) is 0 Å². The third-order valence-electron chi connectivity index (χ3n) is 1.89. The molecule has 0 unspecified atom stereocenters. The molecule has 0 aromatic heterocycles. The van der Waals surface area contributed by atoms with Crippen LogP contribution in [0.5, 0.6) is 0 Å². The van der Waals surface area contributed by atoms with Gasteiger partial charge in [-0.05, 0) is 6.42 Å². The Labute approximate surface area is 97.0 Å². The van der Waals surface area contributed by atoms with Crippen LogP contribution in [0.2, 0.25) is 0 Å². The molecule has 0 aliphatic rings. The molecule has 0 saturated heterocycles. The second-order valence-electron chi connectivity index (χ2n) is 3.00. The van der Waals surface area contributed by atoms with E-state index >= 15 is 0 Å². The van der Waals surface area contributed by atoms with Gasteiger partial charge in [0.2, 0.25) is 0 Å². The van der Waals surface area contributed by atoms with Crippen LogP contribution in [0.1, 0.15) is 19.8 Å². The predicted molar refractivity (Wildman–Crippen MR) is 60.1 cm³/mol. The normalized spacial score (nSPS) is 11.2. The van der Waals surface area contributed by atoms with Crippen molar-refractivity contribution < 1.29 is 22.6 Å². The van der Waals surface area contributed by atoms with Crippen LogP contribution in [0, 0.1) is 0 Å². The minimum atomic E-state index is -3.22. The maximum atomic E-state index is 11.4. The number of nitrogens with one attached hydrogen (secondary N) is 1. The summed E-state index contributed by atoms with van der Waals surface area (Å²) in [5, 5.41) is 0. The summed E-state index contributed by atoms with van der Waals surface area (Å²) in [5.41, 5.74) is 2.65. The van der Waals surface area contributed by atoms with Crippen LogP contribution in [0.15, 0.2) is 12.2 Å². The van der Waals surface area contributed by atoms with Crippen molar-refractivity contribution in [3.63, 3.8) is 0 Å². The van der Waals surface area contributed by atoms with Crippen LogP contribution in [0.4, 0.5) is 0 Å². The van der Waals surface area contributed by atoms with Crippen molar-refractivity contribution in [2.24, 2.45) is 0 Å². The topological polar surface area (TPSA) is 66.0 Å². The van der Waals surface area contributed by atoms with E-state index in [4.69, 9.17) is 17.8 Å². The van der Waals surface area contributed by atoms with E-state index in [1.165, 1.54) is 21.3 Å². The highest BCUT2D eigenvalue weighted by molar-refractivity contribution is 6.53. The van der Waals surface area contributed by atoms with Crippen LogP contribution in [0.25, 0.3) is 0 Å². The molecule has 94 valence electrons. The van der Waals surface area contributed by atoms with Crippen molar-refractivity contribution >= 4 is 15.0 Å². The SMILES string of the molecule is C=C(CCC)C(=O)NO[Si](OC)(OC)OC. The first-order valence-electron chi connectivity index (χ1n) is 4.86. The lowest BCUT2D eigenvalue weighted by Gasteiger charge is -2.22. The molecule has 0 aliphatic carbocycles.